The first-order valence-electron chi connectivity index (χ1n) is 6.64. The molecule has 0 unspecified atom stereocenters. The summed E-state index contributed by atoms with van der Waals surface area (Å²) < 4.78 is 0. The van der Waals surface area contributed by atoms with Crippen LogP contribution < -0.4 is 0 Å². The van der Waals surface area contributed by atoms with Crippen molar-refractivity contribution in [1.82, 2.24) is 5.06 Å². The van der Waals surface area contributed by atoms with Crippen LogP contribution in [0.1, 0.15) is 17.5 Å². The quantitative estimate of drug-likeness (QED) is 0.774. The second-order valence-electron chi connectivity index (χ2n) is 5.00. The van der Waals surface area contributed by atoms with Crippen LogP contribution in [0.4, 0.5) is 0 Å². The van der Waals surface area contributed by atoms with Gasteiger partial charge in [-0.15, -0.1) is 10.2 Å². The number of aryl methyl sites for hydroxylation is 1. The first-order chi connectivity index (χ1) is 9.83. The van der Waals surface area contributed by atoms with Crippen molar-refractivity contribution in [3.05, 3.63) is 76.8 Å². The summed E-state index contributed by atoms with van der Waals surface area (Å²) in [6.45, 7) is 0. The molecule has 4 nitrogen and oxygen atoms in total. The molecule has 4 rings (SSSR count). The van der Waals surface area contributed by atoms with E-state index in [1.807, 2.05) is 18.2 Å². The summed E-state index contributed by atoms with van der Waals surface area (Å²) in [5.41, 5.74) is 6.66. The van der Waals surface area contributed by atoms with Crippen LogP contribution in [-0.4, -0.2) is 10.3 Å². The van der Waals surface area contributed by atoms with E-state index in [2.05, 4.69) is 28.4 Å². The average molecular weight is 263 g/mol. The van der Waals surface area contributed by atoms with E-state index < -0.39 is 0 Å². The minimum absolute atomic E-state index is 0.926. The number of allylic oxidation sites excluding steroid dienone is 4. The van der Waals surface area contributed by atoms with E-state index >= 15 is 0 Å². The zero-order valence-corrected chi connectivity index (χ0v) is 10.8. The fraction of sp³-hybridized carbons (Fsp3) is 0.125. The van der Waals surface area contributed by atoms with Gasteiger partial charge in [0.25, 0.3) is 0 Å². The molecule has 20 heavy (non-hydrogen) atoms. The molecule has 0 fully saturated rings. The van der Waals surface area contributed by atoms with E-state index in [9.17, 15) is 5.21 Å². The summed E-state index contributed by atoms with van der Waals surface area (Å²) in [5.74, 6) is 0. The molecule has 0 atom stereocenters. The third kappa shape index (κ3) is 1.66. The molecule has 1 N–H and O–H groups in total. The van der Waals surface area contributed by atoms with E-state index in [1.54, 1.807) is 12.4 Å². The molecule has 0 radical (unpaired) electrons. The average Bonchev–Trinajstić information content (AvgIpc) is 2.92. The number of benzene rings is 1. The van der Waals surface area contributed by atoms with Gasteiger partial charge < -0.3 is 0 Å². The third-order valence-corrected chi connectivity index (χ3v) is 3.83. The maximum Gasteiger partial charge on any atom is 0.0986 e. The summed E-state index contributed by atoms with van der Waals surface area (Å²) in [5, 5.41) is 19.1. The monoisotopic (exact) mass is 263 g/mol. The maximum absolute atomic E-state index is 9.30. The zero-order valence-electron chi connectivity index (χ0n) is 10.8. The lowest BCUT2D eigenvalue weighted by Crippen LogP contribution is -2.06. The van der Waals surface area contributed by atoms with E-state index in [-0.39, 0.29) is 0 Å². The van der Waals surface area contributed by atoms with Crippen molar-refractivity contribution in [3.63, 3.8) is 0 Å². The van der Waals surface area contributed by atoms with Crippen molar-refractivity contribution in [2.45, 2.75) is 12.8 Å². The summed E-state index contributed by atoms with van der Waals surface area (Å²) in [6.07, 6.45) is 8.90. The van der Waals surface area contributed by atoms with Crippen molar-refractivity contribution < 1.29 is 5.21 Å². The highest BCUT2D eigenvalue weighted by molar-refractivity contribution is 5.78. The summed E-state index contributed by atoms with van der Waals surface area (Å²) >= 11 is 0. The standard InChI is InChI=1S/C16H13N3O/c20-19-9-7-12(8-10-19)15-14-6-5-11-3-1-2-4-13(11)16(14)18-17-15/h1-4,7-10,20H,5-6H2. The van der Waals surface area contributed by atoms with Gasteiger partial charge in [0.05, 0.1) is 11.4 Å². The largest absolute Gasteiger partial charge is 0.285 e. The van der Waals surface area contributed by atoms with Crippen LogP contribution in [0.5, 0.6) is 0 Å². The lowest BCUT2D eigenvalue weighted by atomic mass is 9.87. The number of rotatable bonds is 0. The van der Waals surface area contributed by atoms with Crippen molar-refractivity contribution in [3.8, 4) is 0 Å². The molecule has 0 aromatic heterocycles. The Bertz CT molecular complexity index is 722. The summed E-state index contributed by atoms with van der Waals surface area (Å²) in [6, 6.07) is 8.38. The van der Waals surface area contributed by atoms with E-state index in [1.165, 1.54) is 16.7 Å². The fourth-order valence-electron chi connectivity index (χ4n) is 2.82. The van der Waals surface area contributed by atoms with Gasteiger partial charge in [0.1, 0.15) is 0 Å². The molecule has 1 aliphatic carbocycles. The molecule has 0 saturated carbocycles. The van der Waals surface area contributed by atoms with Crippen LogP contribution in [0.3, 0.4) is 0 Å². The second-order valence-corrected chi connectivity index (χ2v) is 5.00. The van der Waals surface area contributed by atoms with Gasteiger partial charge in [-0.1, -0.05) is 24.3 Å². The molecule has 3 aliphatic rings. The van der Waals surface area contributed by atoms with Gasteiger partial charge >= 0.3 is 0 Å². The second kappa shape index (κ2) is 4.28. The molecule has 4 heteroatoms. The number of hydroxylamine groups is 2. The molecular weight excluding hydrogens is 250 g/mol. The highest BCUT2D eigenvalue weighted by atomic mass is 16.5. The van der Waals surface area contributed by atoms with E-state index in [4.69, 9.17) is 0 Å². The van der Waals surface area contributed by atoms with Gasteiger partial charge in [-0.2, -0.15) is 0 Å². The molecule has 0 saturated heterocycles. The zero-order chi connectivity index (χ0) is 13.5. The van der Waals surface area contributed by atoms with Crippen molar-refractivity contribution in [2.75, 3.05) is 0 Å². The number of hydrogen-bond donors (Lipinski definition) is 1. The fourth-order valence-corrected chi connectivity index (χ4v) is 2.82. The molecule has 98 valence electrons. The Morgan fingerprint density at radius 1 is 0.950 bits per heavy atom. The van der Waals surface area contributed by atoms with Crippen molar-refractivity contribution in [1.29, 1.82) is 0 Å². The lowest BCUT2D eigenvalue weighted by Gasteiger charge is -2.17. The molecule has 1 aromatic rings. The van der Waals surface area contributed by atoms with Gasteiger partial charge in [-0.3, -0.25) is 5.21 Å². The van der Waals surface area contributed by atoms with E-state index in [0.29, 0.717) is 0 Å². The Kier molecular flexibility index (Phi) is 2.44. The summed E-state index contributed by atoms with van der Waals surface area (Å²) in [7, 11) is 0. The van der Waals surface area contributed by atoms with Crippen LogP contribution in [0, 0.1) is 0 Å². The highest BCUT2D eigenvalue weighted by Gasteiger charge is 2.26. The highest BCUT2D eigenvalue weighted by Crippen LogP contribution is 2.42. The Labute approximate surface area is 116 Å². The maximum atomic E-state index is 9.30. The third-order valence-electron chi connectivity index (χ3n) is 3.83. The minimum Gasteiger partial charge on any atom is -0.285 e. The SMILES string of the molecule is ON1C=CC(=C2N=NC3=C2CCc2ccccc23)C=C1. The Morgan fingerprint density at radius 2 is 1.70 bits per heavy atom. The number of nitrogens with zero attached hydrogens (tertiary/aromatic N) is 3. The van der Waals surface area contributed by atoms with Crippen LogP contribution in [0.2, 0.25) is 0 Å². The number of azo groups is 1. The molecule has 0 amide bonds. The topological polar surface area (TPSA) is 48.2 Å². The van der Waals surface area contributed by atoms with Gasteiger partial charge in [0.15, 0.2) is 0 Å². The first-order valence-corrected chi connectivity index (χ1v) is 6.64. The predicted octanol–water partition coefficient (Wildman–Crippen LogP) is 3.80. The van der Waals surface area contributed by atoms with Gasteiger partial charge in [0, 0.05) is 29.1 Å². The molecule has 0 bridgehead atoms. The number of fused-ring (bicyclic) bond motifs is 2. The molecule has 2 heterocycles. The van der Waals surface area contributed by atoms with Gasteiger partial charge in [0.2, 0.25) is 0 Å². The molecule has 2 aliphatic heterocycles. The van der Waals surface area contributed by atoms with Gasteiger partial charge in [-0.25, -0.2) is 5.06 Å². The Hall–Kier alpha value is -2.46. The van der Waals surface area contributed by atoms with Crippen LogP contribution in [-0.2, 0) is 6.42 Å². The molecule has 0 spiro atoms. The first kappa shape index (κ1) is 11.4. The van der Waals surface area contributed by atoms with Crippen LogP contribution in [0.15, 0.2) is 75.9 Å². The Morgan fingerprint density at radius 3 is 2.55 bits per heavy atom. The van der Waals surface area contributed by atoms with Crippen molar-refractivity contribution >= 4 is 5.70 Å². The lowest BCUT2D eigenvalue weighted by molar-refractivity contribution is 0.0105. The van der Waals surface area contributed by atoms with E-state index in [0.717, 1.165) is 34.9 Å². The summed E-state index contributed by atoms with van der Waals surface area (Å²) in [4.78, 5) is 0. The van der Waals surface area contributed by atoms with Crippen molar-refractivity contribution in [2.24, 2.45) is 10.2 Å². The minimum atomic E-state index is 0.926. The predicted molar refractivity (Wildman–Crippen MR) is 75.5 cm³/mol. The smallest absolute Gasteiger partial charge is 0.0986 e. The Balaban J connectivity index is 1.84. The van der Waals surface area contributed by atoms with Crippen LogP contribution in [0.25, 0.3) is 5.70 Å². The molecular formula is C16H13N3O. The molecule has 1 aromatic carbocycles. The van der Waals surface area contributed by atoms with Crippen LogP contribution >= 0.6 is 0 Å². The van der Waals surface area contributed by atoms with Gasteiger partial charge in [-0.05, 0) is 30.6 Å². The normalized spacial score (nSPS) is 19.8. The number of hydrogen-bond acceptors (Lipinski definition) is 4.